The van der Waals surface area contributed by atoms with E-state index in [1.807, 2.05) is 19.2 Å². The second-order valence-electron chi connectivity index (χ2n) is 4.81. The molecule has 0 saturated carbocycles. The lowest BCUT2D eigenvalue weighted by Crippen LogP contribution is -2.20. The third kappa shape index (κ3) is 3.20. The van der Waals surface area contributed by atoms with Crippen LogP contribution in [0.4, 0.5) is 4.39 Å². The molecule has 0 radical (unpaired) electrons. The second kappa shape index (κ2) is 6.87. The van der Waals surface area contributed by atoms with Gasteiger partial charge in [-0.15, -0.1) is 0 Å². The predicted molar refractivity (Wildman–Crippen MR) is 82.7 cm³/mol. The van der Waals surface area contributed by atoms with E-state index in [1.165, 1.54) is 11.1 Å². The minimum atomic E-state index is -0.316. The molecule has 20 heavy (non-hydrogen) atoms. The van der Waals surface area contributed by atoms with Gasteiger partial charge in [-0.3, -0.25) is 0 Å². The fourth-order valence-electron chi connectivity index (χ4n) is 2.49. The van der Waals surface area contributed by atoms with Crippen LogP contribution >= 0.6 is 11.6 Å². The number of nitrogens with one attached hydrogen (secondary N) is 1. The molecule has 0 heterocycles. The molecule has 1 unspecified atom stereocenters. The summed E-state index contributed by atoms with van der Waals surface area (Å²) in [5.41, 5.74) is 3.15. The first kappa shape index (κ1) is 15.0. The zero-order chi connectivity index (χ0) is 14.5. The van der Waals surface area contributed by atoms with E-state index in [1.54, 1.807) is 18.2 Å². The summed E-state index contributed by atoms with van der Waals surface area (Å²) in [7, 11) is 1.90. The Hall–Kier alpha value is -1.38. The third-order valence-corrected chi connectivity index (χ3v) is 3.91. The van der Waals surface area contributed by atoms with Gasteiger partial charge >= 0.3 is 0 Å². The van der Waals surface area contributed by atoms with Crippen molar-refractivity contribution < 1.29 is 4.39 Å². The average Bonchev–Trinajstić information content (AvgIpc) is 2.49. The van der Waals surface area contributed by atoms with Gasteiger partial charge in [-0.2, -0.15) is 0 Å². The SMILES string of the molecule is CCc1ccccc1C(Cc1cccc(Cl)c1F)NC. The Labute approximate surface area is 124 Å². The maximum atomic E-state index is 14.0. The molecule has 0 fully saturated rings. The van der Waals surface area contributed by atoms with Crippen LogP contribution in [0.25, 0.3) is 0 Å². The highest BCUT2D eigenvalue weighted by atomic mass is 35.5. The van der Waals surface area contributed by atoms with Crippen LogP contribution < -0.4 is 5.32 Å². The molecular weight excluding hydrogens is 273 g/mol. The van der Waals surface area contributed by atoms with E-state index in [4.69, 9.17) is 11.6 Å². The van der Waals surface area contributed by atoms with E-state index < -0.39 is 0 Å². The standard InChI is InChI=1S/C17H19ClFN/c1-3-12-7-4-5-9-14(12)16(20-2)11-13-8-6-10-15(18)17(13)19/h4-10,16,20H,3,11H2,1-2H3. The van der Waals surface area contributed by atoms with E-state index in [2.05, 4.69) is 24.4 Å². The molecule has 0 aliphatic carbocycles. The lowest BCUT2D eigenvalue weighted by Gasteiger charge is -2.20. The second-order valence-corrected chi connectivity index (χ2v) is 5.22. The molecule has 0 bridgehead atoms. The molecule has 2 aromatic rings. The van der Waals surface area contributed by atoms with Gasteiger partial charge in [0.15, 0.2) is 0 Å². The molecular formula is C17H19ClFN. The molecule has 0 spiro atoms. The normalized spacial score (nSPS) is 12.4. The van der Waals surface area contributed by atoms with Gasteiger partial charge in [0.1, 0.15) is 5.82 Å². The molecule has 0 aliphatic rings. The summed E-state index contributed by atoms with van der Waals surface area (Å²) >= 11 is 5.85. The van der Waals surface area contributed by atoms with Crippen LogP contribution in [0.2, 0.25) is 5.02 Å². The molecule has 0 aromatic heterocycles. The number of hydrogen-bond acceptors (Lipinski definition) is 1. The number of halogens is 2. The molecule has 3 heteroatoms. The smallest absolute Gasteiger partial charge is 0.145 e. The first-order valence-electron chi connectivity index (χ1n) is 6.85. The summed E-state index contributed by atoms with van der Waals surface area (Å²) in [6.07, 6.45) is 1.55. The highest BCUT2D eigenvalue weighted by Crippen LogP contribution is 2.26. The van der Waals surface area contributed by atoms with Crippen molar-refractivity contribution >= 4 is 11.6 Å². The van der Waals surface area contributed by atoms with Gasteiger partial charge in [0, 0.05) is 6.04 Å². The Morgan fingerprint density at radius 1 is 1.10 bits per heavy atom. The molecule has 106 valence electrons. The van der Waals surface area contributed by atoms with Crippen molar-refractivity contribution in [2.24, 2.45) is 0 Å². The maximum Gasteiger partial charge on any atom is 0.145 e. The Balaban J connectivity index is 2.31. The molecule has 0 amide bonds. The average molecular weight is 292 g/mol. The van der Waals surface area contributed by atoms with Crippen molar-refractivity contribution in [2.45, 2.75) is 25.8 Å². The first-order chi connectivity index (χ1) is 9.67. The lowest BCUT2D eigenvalue weighted by atomic mass is 9.93. The summed E-state index contributed by atoms with van der Waals surface area (Å²) in [6, 6.07) is 13.5. The van der Waals surface area contributed by atoms with Gasteiger partial charge in [0.05, 0.1) is 5.02 Å². The van der Waals surface area contributed by atoms with Crippen LogP contribution in [0.15, 0.2) is 42.5 Å². The number of rotatable bonds is 5. The minimum Gasteiger partial charge on any atom is -0.313 e. The topological polar surface area (TPSA) is 12.0 Å². The summed E-state index contributed by atoms with van der Waals surface area (Å²) < 4.78 is 14.0. The maximum absolute atomic E-state index is 14.0. The quantitative estimate of drug-likeness (QED) is 0.852. The molecule has 1 nitrogen and oxygen atoms in total. The number of hydrogen-bond donors (Lipinski definition) is 1. The molecule has 2 aromatic carbocycles. The van der Waals surface area contributed by atoms with Crippen LogP contribution in [0.1, 0.15) is 29.7 Å². The van der Waals surface area contributed by atoms with E-state index in [0.717, 1.165) is 6.42 Å². The Bertz CT molecular complexity index is 583. The highest BCUT2D eigenvalue weighted by molar-refractivity contribution is 6.30. The van der Waals surface area contributed by atoms with Gasteiger partial charge in [-0.1, -0.05) is 54.9 Å². The largest absolute Gasteiger partial charge is 0.313 e. The van der Waals surface area contributed by atoms with Crippen LogP contribution in [-0.4, -0.2) is 7.05 Å². The summed E-state index contributed by atoms with van der Waals surface area (Å²) in [4.78, 5) is 0. The third-order valence-electron chi connectivity index (χ3n) is 3.62. The first-order valence-corrected chi connectivity index (χ1v) is 7.23. The van der Waals surface area contributed by atoms with Crippen LogP contribution in [0, 0.1) is 5.82 Å². The Morgan fingerprint density at radius 2 is 1.80 bits per heavy atom. The van der Waals surface area contributed by atoms with E-state index in [-0.39, 0.29) is 16.9 Å². The van der Waals surface area contributed by atoms with Crippen molar-refractivity contribution in [3.05, 3.63) is 70.0 Å². The fourth-order valence-corrected chi connectivity index (χ4v) is 2.68. The zero-order valence-corrected chi connectivity index (χ0v) is 12.5. The van der Waals surface area contributed by atoms with Crippen molar-refractivity contribution in [1.29, 1.82) is 0 Å². The number of benzene rings is 2. The van der Waals surface area contributed by atoms with E-state index in [0.29, 0.717) is 12.0 Å². The van der Waals surface area contributed by atoms with Crippen LogP contribution in [-0.2, 0) is 12.8 Å². The highest BCUT2D eigenvalue weighted by Gasteiger charge is 2.16. The fraction of sp³-hybridized carbons (Fsp3) is 0.294. The summed E-state index contributed by atoms with van der Waals surface area (Å²) in [5, 5.41) is 3.46. The van der Waals surface area contributed by atoms with Crippen LogP contribution in [0.3, 0.4) is 0 Å². The molecule has 1 N–H and O–H groups in total. The van der Waals surface area contributed by atoms with Gasteiger partial charge in [-0.25, -0.2) is 4.39 Å². The molecule has 0 saturated heterocycles. The van der Waals surface area contributed by atoms with Gasteiger partial charge in [0.25, 0.3) is 0 Å². The predicted octanol–water partition coefficient (Wildman–Crippen LogP) is 4.54. The number of likely N-dealkylation sites (N-methyl/N-ethyl adjacent to an activating group) is 1. The minimum absolute atomic E-state index is 0.0825. The van der Waals surface area contributed by atoms with Gasteiger partial charge < -0.3 is 5.32 Å². The van der Waals surface area contributed by atoms with E-state index >= 15 is 0 Å². The number of aryl methyl sites for hydroxylation is 1. The van der Waals surface area contributed by atoms with Crippen molar-refractivity contribution in [1.82, 2.24) is 5.32 Å². The van der Waals surface area contributed by atoms with E-state index in [9.17, 15) is 4.39 Å². The Kier molecular flexibility index (Phi) is 5.16. The summed E-state index contributed by atoms with van der Waals surface area (Å²) in [5.74, 6) is -0.316. The van der Waals surface area contributed by atoms with Crippen molar-refractivity contribution in [3.63, 3.8) is 0 Å². The lowest BCUT2D eigenvalue weighted by molar-refractivity contribution is 0.552. The Morgan fingerprint density at radius 3 is 2.50 bits per heavy atom. The molecule has 0 aliphatic heterocycles. The molecule has 2 rings (SSSR count). The molecule has 1 atom stereocenters. The van der Waals surface area contributed by atoms with Crippen LogP contribution in [0.5, 0.6) is 0 Å². The van der Waals surface area contributed by atoms with Crippen molar-refractivity contribution in [3.8, 4) is 0 Å². The van der Waals surface area contributed by atoms with Crippen molar-refractivity contribution in [2.75, 3.05) is 7.05 Å². The summed E-state index contributed by atoms with van der Waals surface area (Å²) in [6.45, 7) is 2.13. The zero-order valence-electron chi connectivity index (χ0n) is 11.8. The van der Waals surface area contributed by atoms with Gasteiger partial charge in [0.2, 0.25) is 0 Å². The van der Waals surface area contributed by atoms with Gasteiger partial charge in [-0.05, 0) is 42.6 Å². The monoisotopic (exact) mass is 291 g/mol.